The molecule has 0 bridgehead atoms. The Kier molecular flexibility index (Phi) is 3.49. The van der Waals surface area contributed by atoms with Crippen LogP contribution in [0.1, 0.15) is 27.2 Å². The second-order valence-corrected chi connectivity index (χ2v) is 4.57. The molecule has 0 aliphatic carbocycles. The van der Waals surface area contributed by atoms with Crippen LogP contribution in [0.3, 0.4) is 0 Å². The zero-order valence-corrected chi connectivity index (χ0v) is 10.1. The summed E-state index contributed by atoms with van der Waals surface area (Å²) >= 11 is 1.25. The van der Waals surface area contributed by atoms with Crippen molar-refractivity contribution in [3.05, 3.63) is 40.0 Å². The highest BCUT2D eigenvalue weighted by molar-refractivity contribution is 7.14. The van der Waals surface area contributed by atoms with Crippen molar-refractivity contribution in [2.45, 2.75) is 20.0 Å². The van der Waals surface area contributed by atoms with Crippen LogP contribution in [0.2, 0.25) is 0 Å². The van der Waals surface area contributed by atoms with E-state index in [0.717, 1.165) is 11.3 Å². The number of ether oxygens (including phenoxy) is 1. The van der Waals surface area contributed by atoms with Crippen LogP contribution in [0, 0.1) is 0 Å². The quantitative estimate of drug-likeness (QED) is 0.887. The number of carbonyl (C=O) groups is 1. The third-order valence-electron chi connectivity index (χ3n) is 2.24. The van der Waals surface area contributed by atoms with Gasteiger partial charge >= 0.3 is 5.97 Å². The van der Waals surface area contributed by atoms with Crippen LogP contribution in [0.25, 0.3) is 0 Å². The predicted molar refractivity (Wildman–Crippen MR) is 63.7 cm³/mol. The monoisotopic (exact) mass is 252 g/mol. The van der Waals surface area contributed by atoms with Gasteiger partial charge in [-0.3, -0.25) is 0 Å². The number of thiophene rings is 1. The summed E-state index contributed by atoms with van der Waals surface area (Å²) in [7, 11) is 0. The van der Waals surface area contributed by atoms with Crippen molar-refractivity contribution in [2.24, 2.45) is 0 Å². The fourth-order valence-electron chi connectivity index (χ4n) is 1.40. The maximum atomic E-state index is 11.0. The molecule has 0 fully saturated rings. The minimum atomic E-state index is -0.954. The topological polar surface area (TPSA) is 59.7 Å². The van der Waals surface area contributed by atoms with Crippen molar-refractivity contribution in [1.29, 1.82) is 0 Å². The molecule has 0 saturated carbocycles. The van der Waals surface area contributed by atoms with Crippen LogP contribution < -0.4 is 4.74 Å². The lowest BCUT2D eigenvalue weighted by atomic mass is 10.3. The van der Waals surface area contributed by atoms with Gasteiger partial charge in [-0.2, -0.15) is 0 Å². The van der Waals surface area contributed by atoms with Crippen LogP contribution in [-0.2, 0) is 13.0 Å². The molecule has 0 aromatic carbocycles. The van der Waals surface area contributed by atoms with Gasteiger partial charge in [-0.05, 0) is 24.6 Å². The Hall–Kier alpha value is -1.75. The van der Waals surface area contributed by atoms with Gasteiger partial charge in [-0.1, -0.05) is 6.92 Å². The summed E-state index contributed by atoms with van der Waals surface area (Å²) in [5.74, 6) is 0.130. The number of hydrogen-bond acceptors (Lipinski definition) is 4. The highest BCUT2D eigenvalue weighted by Crippen LogP contribution is 2.30. The van der Waals surface area contributed by atoms with Crippen molar-refractivity contribution in [3.63, 3.8) is 0 Å². The molecule has 0 aliphatic heterocycles. The van der Waals surface area contributed by atoms with Crippen LogP contribution in [0.15, 0.2) is 28.9 Å². The number of furan rings is 1. The van der Waals surface area contributed by atoms with E-state index in [0.29, 0.717) is 11.5 Å². The normalized spacial score (nSPS) is 10.4. The highest BCUT2D eigenvalue weighted by Gasteiger charge is 2.16. The largest absolute Gasteiger partial charge is 0.484 e. The van der Waals surface area contributed by atoms with E-state index in [1.807, 2.05) is 6.92 Å². The molecule has 1 N–H and O–H groups in total. The van der Waals surface area contributed by atoms with Crippen LogP contribution >= 0.6 is 11.3 Å². The van der Waals surface area contributed by atoms with E-state index in [2.05, 4.69) is 0 Å². The fourth-order valence-corrected chi connectivity index (χ4v) is 2.27. The lowest BCUT2D eigenvalue weighted by Crippen LogP contribution is -1.99. The van der Waals surface area contributed by atoms with E-state index in [1.54, 1.807) is 24.5 Å². The SMILES string of the molecule is CCc1cc(OCc2ccco2)c(C(=O)O)s1. The minimum absolute atomic E-state index is 0.243. The van der Waals surface area contributed by atoms with Gasteiger partial charge in [0.05, 0.1) is 6.26 Å². The van der Waals surface area contributed by atoms with Gasteiger partial charge in [-0.25, -0.2) is 4.79 Å². The summed E-state index contributed by atoms with van der Waals surface area (Å²) in [6.07, 6.45) is 2.36. The summed E-state index contributed by atoms with van der Waals surface area (Å²) in [6, 6.07) is 5.33. The third kappa shape index (κ3) is 2.68. The molecule has 4 nitrogen and oxygen atoms in total. The smallest absolute Gasteiger partial charge is 0.349 e. The molecule has 0 saturated heterocycles. The van der Waals surface area contributed by atoms with Gasteiger partial charge in [-0.15, -0.1) is 11.3 Å². The minimum Gasteiger partial charge on any atom is -0.484 e. The second-order valence-electron chi connectivity index (χ2n) is 3.43. The van der Waals surface area contributed by atoms with Gasteiger partial charge in [0.25, 0.3) is 0 Å². The fraction of sp³-hybridized carbons (Fsp3) is 0.250. The first kappa shape index (κ1) is 11.7. The molecule has 2 rings (SSSR count). The van der Waals surface area contributed by atoms with Crippen molar-refractivity contribution in [1.82, 2.24) is 0 Å². The standard InChI is InChI=1S/C12H12O4S/c1-2-9-6-10(11(17-9)12(13)14)16-7-8-4-3-5-15-8/h3-6H,2,7H2,1H3,(H,13,14). The lowest BCUT2D eigenvalue weighted by molar-refractivity contribution is 0.0697. The maximum Gasteiger partial charge on any atom is 0.349 e. The van der Waals surface area contributed by atoms with Gasteiger partial charge in [0, 0.05) is 4.88 Å². The number of aryl methyl sites for hydroxylation is 1. The molecule has 17 heavy (non-hydrogen) atoms. The summed E-state index contributed by atoms with van der Waals surface area (Å²) < 4.78 is 10.6. The highest BCUT2D eigenvalue weighted by atomic mass is 32.1. The number of carboxylic acid groups (broad SMARTS) is 1. The molecule has 0 radical (unpaired) electrons. The number of rotatable bonds is 5. The van der Waals surface area contributed by atoms with E-state index < -0.39 is 5.97 Å². The van der Waals surface area contributed by atoms with Gasteiger partial charge in [0.15, 0.2) is 4.88 Å². The first-order valence-corrected chi connectivity index (χ1v) is 6.03. The van der Waals surface area contributed by atoms with E-state index in [1.165, 1.54) is 11.3 Å². The van der Waals surface area contributed by atoms with Crippen LogP contribution in [-0.4, -0.2) is 11.1 Å². The molecule has 0 unspecified atom stereocenters. The Morgan fingerprint density at radius 1 is 1.59 bits per heavy atom. The summed E-state index contributed by atoms with van der Waals surface area (Å²) in [5, 5.41) is 9.04. The summed E-state index contributed by atoms with van der Waals surface area (Å²) in [5.41, 5.74) is 0. The third-order valence-corrected chi connectivity index (χ3v) is 3.49. The van der Waals surface area contributed by atoms with Crippen molar-refractivity contribution in [3.8, 4) is 5.75 Å². The van der Waals surface area contributed by atoms with Crippen molar-refractivity contribution < 1.29 is 19.1 Å². The Balaban J connectivity index is 2.13. The first-order valence-electron chi connectivity index (χ1n) is 5.22. The molecule has 2 heterocycles. The molecule has 0 aliphatic rings. The Labute approximate surface area is 102 Å². The molecule has 0 amide bonds. The van der Waals surface area contributed by atoms with Crippen molar-refractivity contribution >= 4 is 17.3 Å². The van der Waals surface area contributed by atoms with Gasteiger partial charge in [0.2, 0.25) is 0 Å². The summed E-state index contributed by atoms with van der Waals surface area (Å²) in [4.78, 5) is 12.3. The number of aromatic carboxylic acids is 1. The lowest BCUT2D eigenvalue weighted by Gasteiger charge is -2.02. The molecular weight excluding hydrogens is 240 g/mol. The van der Waals surface area contributed by atoms with E-state index >= 15 is 0 Å². The zero-order chi connectivity index (χ0) is 12.3. The predicted octanol–water partition coefficient (Wildman–Crippen LogP) is 3.18. The van der Waals surface area contributed by atoms with E-state index in [9.17, 15) is 4.79 Å². The molecule has 90 valence electrons. The average Bonchev–Trinajstić information content (AvgIpc) is 2.95. The Morgan fingerprint density at radius 2 is 2.41 bits per heavy atom. The average molecular weight is 252 g/mol. The zero-order valence-electron chi connectivity index (χ0n) is 9.30. The first-order chi connectivity index (χ1) is 8.20. The van der Waals surface area contributed by atoms with E-state index in [-0.39, 0.29) is 11.5 Å². The Morgan fingerprint density at radius 3 is 3.00 bits per heavy atom. The molecule has 0 spiro atoms. The number of hydrogen-bond donors (Lipinski definition) is 1. The van der Waals surface area contributed by atoms with Crippen LogP contribution in [0.5, 0.6) is 5.75 Å². The Bertz CT molecular complexity index is 499. The molecule has 0 atom stereocenters. The molecular formula is C12H12O4S. The van der Waals surface area contributed by atoms with Gasteiger partial charge in [0.1, 0.15) is 18.1 Å². The van der Waals surface area contributed by atoms with E-state index in [4.69, 9.17) is 14.3 Å². The molecule has 2 aromatic heterocycles. The second kappa shape index (κ2) is 5.05. The van der Waals surface area contributed by atoms with Gasteiger partial charge < -0.3 is 14.3 Å². The van der Waals surface area contributed by atoms with Crippen molar-refractivity contribution in [2.75, 3.05) is 0 Å². The molecule has 5 heteroatoms. The summed E-state index contributed by atoms with van der Waals surface area (Å²) in [6.45, 7) is 2.22. The van der Waals surface area contributed by atoms with Crippen LogP contribution in [0.4, 0.5) is 0 Å². The maximum absolute atomic E-state index is 11.0. The molecule has 2 aromatic rings. The number of carboxylic acids is 1.